The Morgan fingerprint density at radius 1 is 0.962 bits per heavy atom. The van der Waals surface area contributed by atoms with Crippen molar-refractivity contribution in [1.29, 1.82) is 0 Å². The summed E-state index contributed by atoms with van der Waals surface area (Å²) in [5, 5.41) is 14.9. The lowest BCUT2D eigenvalue weighted by atomic mass is 10.2. The molecule has 3 rings (SSSR count). The van der Waals surface area contributed by atoms with Gasteiger partial charge >= 0.3 is 0 Å². The number of benzene rings is 2. The minimum absolute atomic E-state index is 0.378. The number of halogens is 1. The molecule has 0 spiro atoms. The summed E-state index contributed by atoms with van der Waals surface area (Å²) in [6, 6.07) is 15.6. The van der Waals surface area contributed by atoms with Crippen LogP contribution in [-0.2, 0) is 0 Å². The Balaban J connectivity index is 1.72. The minimum Gasteiger partial charge on any atom is -0.372 e. The number of hydrogen-bond donors (Lipinski definition) is 2. The summed E-state index contributed by atoms with van der Waals surface area (Å²) < 4.78 is 0. The number of para-hydroxylation sites is 1. The van der Waals surface area contributed by atoms with E-state index in [0.29, 0.717) is 16.8 Å². The summed E-state index contributed by atoms with van der Waals surface area (Å²) in [4.78, 5) is 6.72. The fourth-order valence-electron chi connectivity index (χ4n) is 2.59. The van der Waals surface area contributed by atoms with E-state index in [1.807, 2.05) is 30.3 Å². The SMILES string of the molecule is CCN(CC)c1ccc(Nc2cnnc(Nc3ccccc3Cl)n2)cc1. The molecule has 7 heteroatoms. The number of rotatable bonds is 7. The summed E-state index contributed by atoms with van der Waals surface area (Å²) in [7, 11) is 0. The Morgan fingerprint density at radius 2 is 1.69 bits per heavy atom. The van der Waals surface area contributed by atoms with Crippen LogP contribution in [0.15, 0.2) is 54.7 Å². The van der Waals surface area contributed by atoms with Crippen LogP contribution < -0.4 is 15.5 Å². The first-order valence-corrected chi connectivity index (χ1v) is 8.90. The van der Waals surface area contributed by atoms with Crippen LogP contribution in [0.2, 0.25) is 5.02 Å². The fourth-order valence-corrected chi connectivity index (χ4v) is 2.77. The van der Waals surface area contributed by atoms with Crippen molar-refractivity contribution < 1.29 is 0 Å². The molecule has 0 aliphatic carbocycles. The molecule has 0 fully saturated rings. The van der Waals surface area contributed by atoms with Gasteiger partial charge in [0.15, 0.2) is 5.82 Å². The molecule has 0 aliphatic rings. The van der Waals surface area contributed by atoms with E-state index in [4.69, 9.17) is 11.6 Å². The molecule has 2 aromatic carbocycles. The summed E-state index contributed by atoms with van der Waals surface area (Å²) >= 11 is 6.15. The smallest absolute Gasteiger partial charge is 0.249 e. The number of nitrogens with zero attached hydrogens (tertiary/aromatic N) is 4. The molecule has 0 atom stereocenters. The molecular formula is C19H21ClN6. The van der Waals surface area contributed by atoms with Gasteiger partial charge in [0.1, 0.15) is 0 Å². The van der Waals surface area contributed by atoms with Crippen LogP contribution in [0.1, 0.15) is 13.8 Å². The fraction of sp³-hybridized carbons (Fsp3) is 0.211. The topological polar surface area (TPSA) is 66.0 Å². The molecule has 0 unspecified atom stereocenters. The average Bonchev–Trinajstić information content (AvgIpc) is 2.66. The molecule has 0 saturated heterocycles. The molecule has 0 radical (unpaired) electrons. The zero-order valence-electron chi connectivity index (χ0n) is 14.8. The molecule has 1 aromatic heterocycles. The third kappa shape index (κ3) is 4.40. The molecule has 2 N–H and O–H groups in total. The lowest BCUT2D eigenvalue weighted by Crippen LogP contribution is -2.21. The molecule has 0 bridgehead atoms. The van der Waals surface area contributed by atoms with E-state index in [0.717, 1.165) is 24.5 Å². The third-order valence-corrected chi connectivity index (χ3v) is 4.28. The largest absolute Gasteiger partial charge is 0.372 e. The van der Waals surface area contributed by atoms with Crippen LogP contribution in [0.25, 0.3) is 0 Å². The highest BCUT2D eigenvalue weighted by atomic mass is 35.5. The summed E-state index contributed by atoms with van der Waals surface area (Å²) in [6.45, 7) is 6.26. The van der Waals surface area contributed by atoms with E-state index < -0.39 is 0 Å². The van der Waals surface area contributed by atoms with E-state index in [9.17, 15) is 0 Å². The highest BCUT2D eigenvalue weighted by Crippen LogP contribution is 2.24. The Bertz CT molecular complexity index is 849. The lowest BCUT2D eigenvalue weighted by molar-refractivity contribution is 0.866. The van der Waals surface area contributed by atoms with Gasteiger partial charge in [0.25, 0.3) is 0 Å². The molecular weight excluding hydrogens is 348 g/mol. The molecule has 0 aliphatic heterocycles. The van der Waals surface area contributed by atoms with Crippen LogP contribution in [0.4, 0.5) is 28.8 Å². The number of anilines is 5. The van der Waals surface area contributed by atoms with Crippen LogP contribution in [-0.4, -0.2) is 28.3 Å². The van der Waals surface area contributed by atoms with Gasteiger partial charge in [0.2, 0.25) is 5.95 Å². The molecule has 3 aromatic rings. The number of hydrogen-bond acceptors (Lipinski definition) is 6. The maximum absolute atomic E-state index is 6.15. The number of aromatic nitrogens is 3. The van der Waals surface area contributed by atoms with Crippen LogP contribution >= 0.6 is 11.6 Å². The maximum Gasteiger partial charge on any atom is 0.249 e. The van der Waals surface area contributed by atoms with Gasteiger partial charge in [-0.05, 0) is 50.2 Å². The van der Waals surface area contributed by atoms with Gasteiger partial charge in [0.05, 0.1) is 16.9 Å². The lowest BCUT2D eigenvalue weighted by Gasteiger charge is -2.21. The third-order valence-electron chi connectivity index (χ3n) is 3.95. The predicted octanol–water partition coefficient (Wildman–Crippen LogP) is 4.86. The van der Waals surface area contributed by atoms with Crippen LogP contribution in [0.5, 0.6) is 0 Å². The first-order chi connectivity index (χ1) is 12.7. The van der Waals surface area contributed by atoms with Gasteiger partial charge < -0.3 is 15.5 Å². The summed E-state index contributed by atoms with van der Waals surface area (Å²) in [5.74, 6) is 0.980. The van der Waals surface area contributed by atoms with Gasteiger partial charge in [-0.25, -0.2) is 0 Å². The van der Waals surface area contributed by atoms with Crippen molar-refractivity contribution in [2.75, 3.05) is 28.6 Å². The zero-order chi connectivity index (χ0) is 18.4. The number of nitrogens with one attached hydrogen (secondary N) is 2. The second kappa shape index (κ2) is 8.49. The Hall–Kier alpha value is -2.86. The van der Waals surface area contributed by atoms with Crippen molar-refractivity contribution in [2.24, 2.45) is 0 Å². The van der Waals surface area contributed by atoms with Crippen molar-refractivity contribution in [3.63, 3.8) is 0 Å². The Morgan fingerprint density at radius 3 is 2.38 bits per heavy atom. The van der Waals surface area contributed by atoms with Gasteiger partial charge in [-0.1, -0.05) is 23.7 Å². The van der Waals surface area contributed by atoms with Gasteiger partial charge in [0, 0.05) is 24.5 Å². The van der Waals surface area contributed by atoms with Crippen molar-refractivity contribution in [1.82, 2.24) is 15.2 Å². The zero-order valence-corrected chi connectivity index (χ0v) is 15.5. The molecule has 0 saturated carbocycles. The van der Waals surface area contributed by atoms with Crippen LogP contribution in [0, 0.1) is 0 Å². The molecule has 1 heterocycles. The molecule has 0 amide bonds. The van der Waals surface area contributed by atoms with Crippen molar-refractivity contribution in [3.8, 4) is 0 Å². The van der Waals surface area contributed by atoms with E-state index >= 15 is 0 Å². The Labute approximate surface area is 158 Å². The van der Waals surface area contributed by atoms with Gasteiger partial charge in [-0.2, -0.15) is 10.1 Å². The normalized spacial score (nSPS) is 10.4. The van der Waals surface area contributed by atoms with Gasteiger partial charge in [-0.3, -0.25) is 0 Å². The predicted molar refractivity (Wildman–Crippen MR) is 108 cm³/mol. The quantitative estimate of drug-likeness (QED) is 0.621. The molecule has 134 valence electrons. The summed E-state index contributed by atoms with van der Waals surface area (Å²) in [6.07, 6.45) is 1.58. The van der Waals surface area contributed by atoms with E-state index in [-0.39, 0.29) is 0 Å². The monoisotopic (exact) mass is 368 g/mol. The standard InChI is InChI=1S/C19H21ClN6/c1-3-26(4-2)15-11-9-14(10-12-15)22-18-13-21-25-19(24-18)23-17-8-6-5-7-16(17)20/h5-13H,3-4H2,1-2H3,(H2,22,23,24,25). The van der Waals surface area contributed by atoms with E-state index in [1.165, 1.54) is 5.69 Å². The van der Waals surface area contributed by atoms with E-state index in [2.05, 4.69) is 56.7 Å². The molecule has 26 heavy (non-hydrogen) atoms. The highest BCUT2D eigenvalue weighted by Gasteiger charge is 2.05. The minimum atomic E-state index is 0.378. The van der Waals surface area contributed by atoms with Crippen molar-refractivity contribution >= 4 is 40.4 Å². The molecule has 6 nitrogen and oxygen atoms in total. The summed E-state index contributed by atoms with van der Waals surface area (Å²) in [5.41, 5.74) is 2.87. The maximum atomic E-state index is 6.15. The Kier molecular flexibility index (Phi) is 5.86. The second-order valence-corrected chi connectivity index (χ2v) is 6.02. The van der Waals surface area contributed by atoms with Crippen LogP contribution in [0.3, 0.4) is 0 Å². The second-order valence-electron chi connectivity index (χ2n) is 5.61. The first-order valence-electron chi connectivity index (χ1n) is 8.53. The van der Waals surface area contributed by atoms with Gasteiger partial charge in [-0.15, -0.1) is 5.10 Å². The van der Waals surface area contributed by atoms with E-state index in [1.54, 1.807) is 12.3 Å². The highest BCUT2D eigenvalue weighted by molar-refractivity contribution is 6.33. The van der Waals surface area contributed by atoms with Crippen molar-refractivity contribution in [2.45, 2.75) is 13.8 Å². The van der Waals surface area contributed by atoms with Crippen molar-refractivity contribution in [3.05, 3.63) is 59.8 Å². The first kappa shape index (κ1) is 17.9. The average molecular weight is 369 g/mol.